The number of nitrogen functional groups attached to an aromatic ring is 1. The molecule has 4 aromatic heterocycles. The van der Waals surface area contributed by atoms with Gasteiger partial charge in [-0.25, -0.2) is 33.5 Å². The second-order valence-electron chi connectivity index (χ2n) is 7.99. The lowest BCUT2D eigenvalue weighted by Gasteiger charge is -2.16. The van der Waals surface area contributed by atoms with Gasteiger partial charge in [-0.2, -0.15) is 5.10 Å². The van der Waals surface area contributed by atoms with E-state index >= 15 is 0 Å². The van der Waals surface area contributed by atoms with Crippen molar-refractivity contribution in [2.45, 2.75) is 24.9 Å². The number of nitrogens with two attached hydrogens (primary N) is 2. The van der Waals surface area contributed by atoms with E-state index in [9.17, 15) is 13.2 Å². The van der Waals surface area contributed by atoms with Crippen molar-refractivity contribution in [3.8, 4) is 22.6 Å². The van der Waals surface area contributed by atoms with E-state index in [1.807, 2.05) is 0 Å². The van der Waals surface area contributed by atoms with Crippen molar-refractivity contribution in [2.24, 2.45) is 12.2 Å². The molecular formula is C22H22ClN9O3S. The first kappa shape index (κ1) is 25.2. The van der Waals surface area contributed by atoms with Crippen molar-refractivity contribution in [3.05, 3.63) is 64.8 Å². The Morgan fingerprint density at radius 3 is 2.50 bits per heavy atom. The molecule has 0 saturated heterocycles. The van der Waals surface area contributed by atoms with Crippen LogP contribution < -0.4 is 16.2 Å². The maximum atomic E-state index is 13.2. The summed E-state index contributed by atoms with van der Waals surface area (Å²) in [5, 5.41) is 12.2. The van der Waals surface area contributed by atoms with Crippen LogP contribution in [0.25, 0.3) is 22.6 Å². The molecule has 0 bridgehead atoms. The molecule has 5 N–H and O–H groups in total. The zero-order valence-corrected chi connectivity index (χ0v) is 21.0. The average molecular weight is 528 g/mol. The highest BCUT2D eigenvalue weighted by Gasteiger charge is 2.23. The standard InChI is InChI=1S/C22H22ClN9O3S/c1-11-9-13(10-16(23)26-11)18-19(15-7-8-32(3)31-15)30-21(24)20(29-18)22(33)27-12(2)14-5-4-6-17(28-14)36(25,34)35/h4-10,12H,1-3H3,(H2,24,30)(H,27,33)(H2,25,34,35). The molecule has 186 valence electrons. The molecule has 0 aliphatic heterocycles. The number of anilines is 1. The van der Waals surface area contributed by atoms with Crippen molar-refractivity contribution in [1.29, 1.82) is 0 Å². The van der Waals surface area contributed by atoms with Crippen molar-refractivity contribution >= 4 is 33.3 Å². The van der Waals surface area contributed by atoms with Crippen LogP contribution in [0.2, 0.25) is 5.15 Å². The highest BCUT2D eigenvalue weighted by atomic mass is 35.5. The highest BCUT2D eigenvalue weighted by Crippen LogP contribution is 2.31. The van der Waals surface area contributed by atoms with Crippen LogP contribution in [-0.4, -0.2) is 44.0 Å². The van der Waals surface area contributed by atoms with Gasteiger partial charge in [0, 0.05) is 24.5 Å². The van der Waals surface area contributed by atoms with Gasteiger partial charge in [-0.1, -0.05) is 17.7 Å². The maximum absolute atomic E-state index is 13.2. The number of primary sulfonamides is 1. The van der Waals surface area contributed by atoms with Crippen LogP contribution in [0.3, 0.4) is 0 Å². The van der Waals surface area contributed by atoms with Crippen LogP contribution in [0.15, 0.2) is 47.6 Å². The number of amides is 1. The fraction of sp³-hybridized carbons (Fsp3) is 0.182. The largest absolute Gasteiger partial charge is 0.382 e. The van der Waals surface area contributed by atoms with Gasteiger partial charge in [-0.3, -0.25) is 9.48 Å². The fourth-order valence-electron chi connectivity index (χ4n) is 3.47. The zero-order valence-electron chi connectivity index (χ0n) is 19.5. The third kappa shape index (κ3) is 5.32. The number of nitrogens with zero attached hydrogens (tertiary/aromatic N) is 6. The number of aryl methyl sites for hydroxylation is 2. The predicted molar refractivity (Wildman–Crippen MR) is 133 cm³/mol. The van der Waals surface area contributed by atoms with Crippen molar-refractivity contribution in [2.75, 3.05) is 5.73 Å². The van der Waals surface area contributed by atoms with Crippen molar-refractivity contribution < 1.29 is 13.2 Å². The number of pyridine rings is 2. The maximum Gasteiger partial charge on any atom is 0.274 e. The minimum atomic E-state index is -4.01. The van der Waals surface area contributed by atoms with Crippen LogP contribution in [0.5, 0.6) is 0 Å². The Morgan fingerprint density at radius 2 is 1.86 bits per heavy atom. The molecule has 0 aliphatic rings. The molecule has 4 heterocycles. The van der Waals surface area contributed by atoms with Gasteiger partial charge in [0.25, 0.3) is 15.9 Å². The topological polar surface area (TPSA) is 185 Å². The van der Waals surface area contributed by atoms with Gasteiger partial charge >= 0.3 is 0 Å². The minimum absolute atomic E-state index is 0.118. The lowest BCUT2D eigenvalue weighted by atomic mass is 10.1. The molecule has 0 spiro atoms. The van der Waals surface area contributed by atoms with Gasteiger partial charge in [-0.05, 0) is 44.2 Å². The van der Waals surface area contributed by atoms with Gasteiger partial charge < -0.3 is 11.1 Å². The number of halogens is 1. The Morgan fingerprint density at radius 1 is 1.11 bits per heavy atom. The number of carbonyl (C=O) groups is 1. The van der Waals surface area contributed by atoms with E-state index in [1.165, 1.54) is 12.1 Å². The van der Waals surface area contributed by atoms with E-state index in [-0.39, 0.29) is 27.4 Å². The van der Waals surface area contributed by atoms with Gasteiger partial charge in [0.05, 0.1) is 17.4 Å². The Balaban J connectivity index is 1.76. The Hall–Kier alpha value is -3.94. The van der Waals surface area contributed by atoms with Gasteiger partial charge in [0.1, 0.15) is 16.5 Å². The number of carbonyl (C=O) groups excluding carboxylic acids is 1. The molecule has 4 rings (SSSR count). The number of hydrogen-bond acceptors (Lipinski definition) is 9. The second-order valence-corrected chi connectivity index (χ2v) is 9.89. The average Bonchev–Trinajstić information content (AvgIpc) is 3.23. The van der Waals surface area contributed by atoms with Crippen LogP contribution >= 0.6 is 11.6 Å². The van der Waals surface area contributed by atoms with Crippen LogP contribution in [0.1, 0.15) is 34.8 Å². The molecule has 1 unspecified atom stereocenters. The van der Waals surface area contributed by atoms with Gasteiger partial charge in [0.15, 0.2) is 16.5 Å². The van der Waals surface area contributed by atoms with E-state index in [0.717, 1.165) is 0 Å². The molecule has 0 aliphatic carbocycles. The van der Waals surface area contributed by atoms with E-state index in [0.29, 0.717) is 28.3 Å². The summed E-state index contributed by atoms with van der Waals surface area (Å²) < 4.78 is 24.9. The van der Waals surface area contributed by atoms with Crippen molar-refractivity contribution in [1.82, 2.24) is 35.0 Å². The zero-order chi connectivity index (χ0) is 26.2. The number of nitrogens with one attached hydrogen (secondary N) is 1. The van der Waals surface area contributed by atoms with Gasteiger partial charge in [-0.15, -0.1) is 0 Å². The summed E-state index contributed by atoms with van der Waals surface area (Å²) in [5.41, 5.74) is 8.71. The first-order valence-electron chi connectivity index (χ1n) is 10.5. The highest BCUT2D eigenvalue weighted by molar-refractivity contribution is 7.89. The second kappa shape index (κ2) is 9.60. The summed E-state index contributed by atoms with van der Waals surface area (Å²) in [6.07, 6.45) is 1.74. The molecule has 1 amide bonds. The summed E-state index contributed by atoms with van der Waals surface area (Å²) in [6, 6.07) is 8.72. The van der Waals surface area contributed by atoms with E-state index in [4.69, 9.17) is 22.5 Å². The lowest BCUT2D eigenvalue weighted by molar-refractivity contribution is 0.0935. The third-order valence-electron chi connectivity index (χ3n) is 5.12. The molecule has 0 saturated carbocycles. The van der Waals surface area contributed by atoms with Crippen molar-refractivity contribution in [3.63, 3.8) is 0 Å². The van der Waals surface area contributed by atoms with Crippen LogP contribution in [0.4, 0.5) is 5.82 Å². The fourth-order valence-corrected chi connectivity index (χ4v) is 4.22. The molecule has 0 aromatic carbocycles. The molecule has 4 aromatic rings. The molecular weight excluding hydrogens is 506 g/mol. The minimum Gasteiger partial charge on any atom is -0.382 e. The third-order valence-corrected chi connectivity index (χ3v) is 6.12. The molecule has 36 heavy (non-hydrogen) atoms. The molecule has 12 nitrogen and oxygen atoms in total. The van der Waals surface area contributed by atoms with Crippen LogP contribution in [0, 0.1) is 6.92 Å². The monoisotopic (exact) mass is 527 g/mol. The molecule has 1 atom stereocenters. The van der Waals surface area contributed by atoms with Crippen LogP contribution in [-0.2, 0) is 17.1 Å². The molecule has 14 heteroatoms. The first-order chi connectivity index (χ1) is 16.9. The summed E-state index contributed by atoms with van der Waals surface area (Å²) >= 11 is 6.18. The Labute approximate surface area is 211 Å². The number of aromatic nitrogens is 6. The van der Waals surface area contributed by atoms with Gasteiger partial charge in [0.2, 0.25) is 0 Å². The predicted octanol–water partition coefficient (Wildman–Crippen LogP) is 2.02. The first-order valence-corrected chi connectivity index (χ1v) is 12.5. The number of rotatable bonds is 6. The number of hydrogen-bond donors (Lipinski definition) is 3. The normalized spacial score (nSPS) is 12.4. The summed E-state index contributed by atoms with van der Waals surface area (Å²) in [6.45, 7) is 3.41. The molecule has 0 fully saturated rings. The lowest BCUT2D eigenvalue weighted by Crippen LogP contribution is -2.29. The molecule has 0 radical (unpaired) electrons. The smallest absolute Gasteiger partial charge is 0.274 e. The summed E-state index contributed by atoms with van der Waals surface area (Å²) in [4.78, 5) is 30.4. The Bertz CT molecular complexity index is 1570. The summed E-state index contributed by atoms with van der Waals surface area (Å²) in [5.74, 6) is -0.756. The van der Waals surface area contributed by atoms with E-state index < -0.39 is 22.0 Å². The summed E-state index contributed by atoms with van der Waals surface area (Å²) in [7, 11) is -2.25. The number of sulfonamides is 1. The Kier molecular flexibility index (Phi) is 6.71. The SMILES string of the molecule is Cc1cc(-c2nc(C(=O)NC(C)c3cccc(S(N)(=O)=O)n3)c(N)nc2-c2ccn(C)n2)cc(Cl)n1. The van der Waals surface area contributed by atoms with E-state index in [1.54, 1.807) is 56.0 Å². The van der Waals surface area contributed by atoms with E-state index in [2.05, 4.69) is 30.4 Å². The quantitative estimate of drug-likeness (QED) is 0.315.